The summed E-state index contributed by atoms with van der Waals surface area (Å²) in [5.41, 5.74) is 0. The average Bonchev–Trinajstić information content (AvgIpc) is 3.28. The van der Waals surface area contributed by atoms with Gasteiger partial charge in [0.1, 0.15) is 5.82 Å². The fraction of sp³-hybridized carbons (Fsp3) is 0.750. The van der Waals surface area contributed by atoms with Crippen LogP contribution in [0.5, 0.6) is 0 Å². The topological polar surface area (TPSA) is 64.1 Å². The van der Waals surface area contributed by atoms with Crippen LogP contribution >= 0.6 is 11.5 Å². The van der Waals surface area contributed by atoms with Crippen LogP contribution in [0.25, 0.3) is 0 Å². The van der Waals surface area contributed by atoms with Gasteiger partial charge in [0.15, 0.2) is 0 Å². The fourth-order valence-corrected chi connectivity index (χ4v) is 3.43. The van der Waals surface area contributed by atoms with Crippen LogP contribution in [-0.4, -0.2) is 28.0 Å². The van der Waals surface area contributed by atoms with Gasteiger partial charge in [0, 0.05) is 30.0 Å². The van der Waals surface area contributed by atoms with Crippen molar-refractivity contribution in [2.45, 2.75) is 37.7 Å². The first-order valence-corrected chi connectivity index (χ1v) is 7.36. The number of nitrogens with zero attached hydrogens (tertiary/aromatic N) is 2. The zero-order chi connectivity index (χ0) is 12.1. The van der Waals surface area contributed by atoms with E-state index in [0.717, 1.165) is 25.3 Å². The van der Waals surface area contributed by atoms with Gasteiger partial charge in [-0.1, -0.05) is 0 Å². The number of amides is 1. The molecule has 0 radical (unpaired) electrons. The average molecular weight is 265 g/mol. The number of rotatable bonds is 3. The maximum atomic E-state index is 12.1. The monoisotopic (exact) mass is 265 g/mol. The van der Waals surface area contributed by atoms with Crippen LogP contribution in [-0.2, 0) is 9.53 Å². The number of hydrogen-bond donors (Lipinski definition) is 1. The van der Waals surface area contributed by atoms with Gasteiger partial charge in [-0.15, -0.1) is 0 Å². The molecule has 0 bridgehead atoms. The Bertz CT molecular complexity index is 473. The Morgan fingerprint density at radius 2 is 2.28 bits per heavy atom. The summed E-state index contributed by atoms with van der Waals surface area (Å²) in [5, 5.41) is 3.53. The van der Waals surface area contributed by atoms with Crippen molar-refractivity contribution in [3.05, 3.63) is 5.82 Å². The molecule has 3 atom stereocenters. The quantitative estimate of drug-likeness (QED) is 0.904. The van der Waals surface area contributed by atoms with Gasteiger partial charge in [-0.05, 0) is 25.7 Å². The SMILES string of the molecule is O=C(Nc1nc(C2CC2)ns1)[C@@H]1[C@H]2CCCO[C@H]21. The molecule has 1 aliphatic heterocycles. The van der Waals surface area contributed by atoms with Crippen molar-refractivity contribution < 1.29 is 9.53 Å². The molecule has 2 saturated carbocycles. The van der Waals surface area contributed by atoms with E-state index in [1.165, 1.54) is 24.4 Å². The Morgan fingerprint density at radius 3 is 3.00 bits per heavy atom. The van der Waals surface area contributed by atoms with Crippen LogP contribution in [0.2, 0.25) is 0 Å². The lowest BCUT2D eigenvalue weighted by molar-refractivity contribution is -0.118. The molecular formula is C12H15N3O2S. The largest absolute Gasteiger partial charge is 0.377 e. The van der Waals surface area contributed by atoms with Crippen molar-refractivity contribution in [2.24, 2.45) is 11.8 Å². The second-order valence-corrected chi connectivity index (χ2v) is 6.14. The molecule has 18 heavy (non-hydrogen) atoms. The van der Waals surface area contributed by atoms with E-state index in [1.54, 1.807) is 0 Å². The van der Waals surface area contributed by atoms with E-state index in [0.29, 0.717) is 17.0 Å². The number of carbonyl (C=O) groups excluding carboxylic acids is 1. The molecule has 1 saturated heterocycles. The molecule has 0 unspecified atom stereocenters. The maximum Gasteiger partial charge on any atom is 0.232 e. The minimum atomic E-state index is 0.0424. The van der Waals surface area contributed by atoms with Crippen LogP contribution in [0.1, 0.15) is 37.4 Å². The van der Waals surface area contributed by atoms with E-state index >= 15 is 0 Å². The van der Waals surface area contributed by atoms with Crippen molar-refractivity contribution in [3.63, 3.8) is 0 Å². The van der Waals surface area contributed by atoms with Crippen LogP contribution in [0, 0.1) is 11.8 Å². The summed E-state index contributed by atoms with van der Waals surface area (Å²) in [4.78, 5) is 16.5. The Kier molecular flexibility index (Phi) is 2.41. The van der Waals surface area contributed by atoms with Crippen LogP contribution in [0.4, 0.5) is 5.13 Å². The maximum absolute atomic E-state index is 12.1. The van der Waals surface area contributed by atoms with E-state index in [9.17, 15) is 4.79 Å². The Labute approximate surface area is 109 Å². The summed E-state index contributed by atoms with van der Waals surface area (Å²) >= 11 is 1.29. The van der Waals surface area contributed by atoms with Gasteiger partial charge in [-0.25, -0.2) is 4.98 Å². The van der Waals surface area contributed by atoms with Crippen molar-refractivity contribution in [1.29, 1.82) is 0 Å². The molecule has 0 spiro atoms. The molecule has 2 aliphatic carbocycles. The van der Waals surface area contributed by atoms with E-state index < -0.39 is 0 Å². The van der Waals surface area contributed by atoms with Gasteiger partial charge in [0.25, 0.3) is 0 Å². The van der Waals surface area contributed by atoms with Crippen LogP contribution < -0.4 is 5.32 Å². The number of aromatic nitrogens is 2. The summed E-state index contributed by atoms with van der Waals surface area (Å²) < 4.78 is 9.87. The zero-order valence-corrected chi connectivity index (χ0v) is 10.8. The highest BCUT2D eigenvalue weighted by atomic mass is 32.1. The first-order valence-electron chi connectivity index (χ1n) is 6.59. The van der Waals surface area contributed by atoms with Gasteiger partial charge < -0.3 is 10.1 Å². The van der Waals surface area contributed by atoms with Gasteiger partial charge >= 0.3 is 0 Å². The molecule has 0 aromatic carbocycles. The van der Waals surface area contributed by atoms with Crippen molar-refractivity contribution >= 4 is 22.6 Å². The molecule has 2 heterocycles. The normalized spacial score (nSPS) is 33.9. The third kappa shape index (κ3) is 1.83. The Balaban J connectivity index is 1.40. The number of anilines is 1. The third-order valence-electron chi connectivity index (χ3n) is 4.01. The third-order valence-corrected chi connectivity index (χ3v) is 4.65. The molecule has 1 N–H and O–H groups in total. The Hall–Kier alpha value is -1.01. The summed E-state index contributed by atoms with van der Waals surface area (Å²) in [6, 6.07) is 0. The van der Waals surface area contributed by atoms with Crippen LogP contribution in [0.3, 0.4) is 0 Å². The number of carbonyl (C=O) groups is 1. The molecule has 96 valence electrons. The first kappa shape index (κ1) is 10.9. The minimum Gasteiger partial charge on any atom is -0.377 e. The standard InChI is InChI=1S/C12H15N3O2S/c16-11(8-7-2-1-5-17-9(7)8)14-12-13-10(15-18-12)6-3-4-6/h6-9H,1-5H2,(H,13,14,15,16)/t7-,8-,9-/m1/s1. The molecule has 3 fully saturated rings. The fourth-order valence-electron chi connectivity index (χ4n) is 2.78. The van der Waals surface area contributed by atoms with E-state index in [4.69, 9.17) is 4.74 Å². The van der Waals surface area contributed by atoms with E-state index in [-0.39, 0.29) is 17.9 Å². The Morgan fingerprint density at radius 1 is 1.39 bits per heavy atom. The summed E-state index contributed by atoms with van der Waals surface area (Å²) in [6.07, 6.45) is 4.73. The molecule has 1 aromatic rings. The minimum absolute atomic E-state index is 0.0424. The van der Waals surface area contributed by atoms with Gasteiger partial charge in [0.2, 0.25) is 11.0 Å². The first-order chi connectivity index (χ1) is 8.83. The molecule has 1 amide bonds. The molecule has 6 heteroatoms. The molecule has 1 aromatic heterocycles. The summed E-state index contributed by atoms with van der Waals surface area (Å²) in [6.45, 7) is 0.801. The zero-order valence-electron chi connectivity index (χ0n) is 9.96. The van der Waals surface area contributed by atoms with Crippen molar-refractivity contribution in [2.75, 3.05) is 11.9 Å². The van der Waals surface area contributed by atoms with Gasteiger partial charge in [-0.3, -0.25) is 4.79 Å². The highest BCUT2D eigenvalue weighted by molar-refractivity contribution is 7.09. The van der Waals surface area contributed by atoms with Gasteiger partial charge in [-0.2, -0.15) is 4.37 Å². The number of fused-ring (bicyclic) bond motifs is 1. The molecule has 5 nitrogen and oxygen atoms in total. The lowest BCUT2D eigenvalue weighted by Crippen LogP contribution is -2.16. The van der Waals surface area contributed by atoms with Gasteiger partial charge in [0.05, 0.1) is 12.0 Å². The predicted molar refractivity (Wildman–Crippen MR) is 66.5 cm³/mol. The van der Waals surface area contributed by atoms with Crippen LogP contribution in [0.15, 0.2) is 0 Å². The number of nitrogens with one attached hydrogen (secondary N) is 1. The lowest BCUT2D eigenvalue weighted by Gasteiger charge is -2.07. The predicted octanol–water partition coefficient (Wildman–Crippen LogP) is 1.78. The molecule has 4 rings (SSSR count). The van der Waals surface area contributed by atoms with Crippen molar-refractivity contribution in [3.8, 4) is 0 Å². The van der Waals surface area contributed by atoms with Crippen molar-refractivity contribution in [1.82, 2.24) is 9.36 Å². The second kappa shape index (κ2) is 3.99. The highest BCUT2D eigenvalue weighted by Gasteiger charge is 2.56. The smallest absolute Gasteiger partial charge is 0.232 e. The molecule has 3 aliphatic rings. The highest BCUT2D eigenvalue weighted by Crippen LogP contribution is 2.48. The lowest BCUT2D eigenvalue weighted by atomic mass is 10.2. The molecular weight excluding hydrogens is 250 g/mol. The summed E-state index contributed by atoms with van der Waals surface area (Å²) in [5.74, 6) is 1.99. The summed E-state index contributed by atoms with van der Waals surface area (Å²) in [7, 11) is 0. The number of ether oxygens (including phenoxy) is 1. The second-order valence-electron chi connectivity index (χ2n) is 5.39. The van der Waals surface area contributed by atoms with E-state index in [1.807, 2.05) is 0 Å². The van der Waals surface area contributed by atoms with E-state index in [2.05, 4.69) is 14.7 Å². The number of hydrogen-bond acceptors (Lipinski definition) is 5.